The maximum atomic E-state index is 12.9. The summed E-state index contributed by atoms with van der Waals surface area (Å²) in [5.74, 6) is 0.651. The molecule has 8 nitrogen and oxygen atoms in total. The minimum atomic E-state index is -3.65. The highest BCUT2D eigenvalue weighted by Gasteiger charge is 2.17. The lowest BCUT2D eigenvalue weighted by atomic mass is 10.1. The van der Waals surface area contributed by atoms with Gasteiger partial charge in [-0.1, -0.05) is 36.7 Å². The van der Waals surface area contributed by atoms with Crippen molar-refractivity contribution in [2.45, 2.75) is 45.1 Å². The molecule has 0 aliphatic carbocycles. The highest BCUT2D eigenvalue weighted by atomic mass is 32.2. The van der Waals surface area contributed by atoms with E-state index in [1.807, 2.05) is 13.8 Å². The Labute approximate surface area is 188 Å². The molecule has 2 aromatic carbocycles. The van der Waals surface area contributed by atoms with E-state index in [1.54, 1.807) is 43.3 Å². The molecule has 0 fully saturated rings. The van der Waals surface area contributed by atoms with E-state index in [1.165, 1.54) is 12.1 Å². The largest absolute Gasteiger partial charge is 0.488 e. The molecule has 170 valence electrons. The second-order valence-electron chi connectivity index (χ2n) is 7.32. The number of hydrogen-bond acceptors (Lipinski definition) is 6. The second-order valence-corrected chi connectivity index (χ2v) is 9.09. The number of carbonyl (C=O) groups is 1. The van der Waals surface area contributed by atoms with Gasteiger partial charge in [-0.25, -0.2) is 13.1 Å². The average Bonchev–Trinajstić information content (AvgIpc) is 3.10. The number of benzene rings is 2. The molecule has 0 saturated heterocycles. The third kappa shape index (κ3) is 5.74. The standard InChI is InChI=1S/C23H27N3O5S/c1-4-5-13-24-32(28,29)19-10-8-9-18(14-19)25-23(27)20-11-6-7-12-22(20)30-15-21-16(2)26-31-17(21)3/h6-12,14,24H,4-5,13,15H2,1-3H3,(H,25,27). The molecule has 0 aliphatic rings. The van der Waals surface area contributed by atoms with E-state index in [2.05, 4.69) is 15.2 Å². The molecule has 0 bridgehead atoms. The molecule has 0 spiro atoms. The van der Waals surface area contributed by atoms with Crippen LogP contribution in [0.1, 0.15) is 47.1 Å². The van der Waals surface area contributed by atoms with Crippen molar-refractivity contribution < 1.29 is 22.5 Å². The maximum Gasteiger partial charge on any atom is 0.259 e. The van der Waals surface area contributed by atoms with E-state index in [0.717, 1.165) is 24.1 Å². The van der Waals surface area contributed by atoms with Gasteiger partial charge in [0.25, 0.3) is 5.91 Å². The Morgan fingerprint density at radius 2 is 1.91 bits per heavy atom. The number of carbonyl (C=O) groups excluding carboxylic acids is 1. The summed E-state index contributed by atoms with van der Waals surface area (Å²) in [4.78, 5) is 13.0. The number of ether oxygens (including phenoxy) is 1. The van der Waals surface area contributed by atoms with Crippen molar-refractivity contribution in [1.29, 1.82) is 0 Å². The van der Waals surface area contributed by atoms with Crippen molar-refractivity contribution >= 4 is 21.6 Å². The van der Waals surface area contributed by atoms with Gasteiger partial charge in [-0.3, -0.25) is 4.79 Å². The summed E-state index contributed by atoms with van der Waals surface area (Å²) in [6, 6.07) is 13.0. The van der Waals surface area contributed by atoms with Gasteiger partial charge >= 0.3 is 0 Å². The zero-order valence-corrected chi connectivity index (χ0v) is 19.2. The molecule has 0 aliphatic heterocycles. The fourth-order valence-corrected chi connectivity index (χ4v) is 4.16. The molecule has 3 rings (SSSR count). The van der Waals surface area contributed by atoms with Crippen molar-refractivity contribution in [3.8, 4) is 5.75 Å². The third-order valence-corrected chi connectivity index (χ3v) is 6.37. The number of nitrogens with one attached hydrogen (secondary N) is 2. The number of unbranched alkanes of at least 4 members (excludes halogenated alkanes) is 1. The Hall–Kier alpha value is -3.17. The Bertz CT molecular complexity index is 1170. The molecule has 0 atom stereocenters. The minimum Gasteiger partial charge on any atom is -0.488 e. The maximum absolute atomic E-state index is 12.9. The summed E-state index contributed by atoms with van der Waals surface area (Å²) in [6.07, 6.45) is 1.64. The van der Waals surface area contributed by atoms with Crippen LogP contribution in [-0.4, -0.2) is 26.0 Å². The molecule has 9 heteroatoms. The molecule has 2 N–H and O–H groups in total. The monoisotopic (exact) mass is 457 g/mol. The van der Waals surface area contributed by atoms with Crippen LogP contribution in [0.2, 0.25) is 0 Å². The highest BCUT2D eigenvalue weighted by Crippen LogP contribution is 2.23. The van der Waals surface area contributed by atoms with Crippen molar-refractivity contribution in [2.24, 2.45) is 0 Å². The van der Waals surface area contributed by atoms with Crippen LogP contribution in [0.5, 0.6) is 5.75 Å². The molecule has 0 radical (unpaired) electrons. The van der Waals surface area contributed by atoms with Crippen LogP contribution >= 0.6 is 0 Å². The Morgan fingerprint density at radius 1 is 1.12 bits per heavy atom. The van der Waals surface area contributed by atoms with E-state index in [9.17, 15) is 13.2 Å². The Morgan fingerprint density at radius 3 is 2.62 bits per heavy atom. The summed E-state index contributed by atoms with van der Waals surface area (Å²) < 4.78 is 38.5. The average molecular weight is 458 g/mol. The summed E-state index contributed by atoms with van der Waals surface area (Å²) in [5.41, 5.74) is 2.26. The fourth-order valence-electron chi connectivity index (χ4n) is 3.04. The lowest BCUT2D eigenvalue weighted by Crippen LogP contribution is -2.24. The number of nitrogens with zero attached hydrogens (tertiary/aromatic N) is 1. The first-order valence-corrected chi connectivity index (χ1v) is 11.8. The van der Waals surface area contributed by atoms with Crippen molar-refractivity contribution in [3.63, 3.8) is 0 Å². The van der Waals surface area contributed by atoms with E-state index in [4.69, 9.17) is 9.26 Å². The molecular weight excluding hydrogens is 430 g/mol. The molecule has 0 saturated carbocycles. The fraction of sp³-hybridized carbons (Fsp3) is 0.304. The van der Waals surface area contributed by atoms with Gasteiger partial charge in [-0.2, -0.15) is 0 Å². The van der Waals surface area contributed by atoms with Crippen LogP contribution in [0.4, 0.5) is 5.69 Å². The van der Waals surface area contributed by atoms with Crippen molar-refractivity contribution in [2.75, 3.05) is 11.9 Å². The molecule has 32 heavy (non-hydrogen) atoms. The summed E-state index contributed by atoms with van der Waals surface area (Å²) in [6.45, 7) is 6.19. The van der Waals surface area contributed by atoms with Crippen molar-refractivity contribution in [3.05, 3.63) is 71.1 Å². The van der Waals surface area contributed by atoms with E-state index in [-0.39, 0.29) is 11.5 Å². The quantitative estimate of drug-likeness (QED) is 0.442. The van der Waals surface area contributed by atoms with Gasteiger partial charge in [-0.15, -0.1) is 0 Å². The van der Waals surface area contributed by atoms with E-state index < -0.39 is 15.9 Å². The third-order valence-electron chi connectivity index (χ3n) is 4.91. The molecule has 3 aromatic rings. The van der Waals surface area contributed by atoms with Gasteiger partial charge in [-0.05, 0) is 50.6 Å². The van der Waals surface area contributed by atoms with Crippen LogP contribution in [0, 0.1) is 13.8 Å². The van der Waals surface area contributed by atoms with E-state index >= 15 is 0 Å². The summed E-state index contributed by atoms with van der Waals surface area (Å²) in [5, 5.41) is 6.66. The van der Waals surface area contributed by atoms with Gasteiger partial charge in [0.1, 0.15) is 18.1 Å². The number of amides is 1. The van der Waals surface area contributed by atoms with Crippen LogP contribution in [0.15, 0.2) is 57.9 Å². The smallest absolute Gasteiger partial charge is 0.259 e. The first kappa shape index (κ1) is 23.5. The van der Waals surface area contributed by atoms with Crippen molar-refractivity contribution in [1.82, 2.24) is 9.88 Å². The van der Waals surface area contributed by atoms with Crippen LogP contribution < -0.4 is 14.8 Å². The first-order chi connectivity index (χ1) is 15.3. The van der Waals surface area contributed by atoms with Gasteiger partial charge < -0.3 is 14.6 Å². The highest BCUT2D eigenvalue weighted by molar-refractivity contribution is 7.89. The lowest BCUT2D eigenvalue weighted by Gasteiger charge is -2.12. The van der Waals surface area contributed by atoms with Gasteiger partial charge in [0, 0.05) is 12.2 Å². The number of rotatable bonds is 10. The second kappa shape index (κ2) is 10.4. The molecule has 0 unspecified atom stereocenters. The van der Waals surface area contributed by atoms with Gasteiger partial charge in [0.15, 0.2) is 0 Å². The summed E-state index contributed by atoms with van der Waals surface area (Å²) in [7, 11) is -3.65. The summed E-state index contributed by atoms with van der Waals surface area (Å²) >= 11 is 0. The predicted molar refractivity (Wildman–Crippen MR) is 121 cm³/mol. The van der Waals surface area contributed by atoms with Gasteiger partial charge in [0.2, 0.25) is 10.0 Å². The zero-order valence-electron chi connectivity index (χ0n) is 18.3. The SMILES string of the molecule is CCCCNS(=O)(=O)c1cccc(NC(=O)c2ccccc2OCc2c(C)noc2C)c1. The number of aromatic nitrogens is 1. The van der Waals surface area contributed by atoms with E-state index in [0.29, 0.717) is 29.3 Å². The minimum absolute atomic E-state index is 0.0920. The molecule has 1 aromatic heterocycles. The van der Waals surface area contributed by atoms with Crippen LogP contribution in [0.3, 0.4) is 0 Å². The van der Waals surface area contributed by atoms with Gasteiger partial charge in [0.05, 0.1) is 21.7 Å². The zero-order chi connectivity index (χ0) is 23.1. The van der Waals surface area contributed by atoms with Crippen LogP contribution in [-0.2, 0) is 16.6 Å². The first-order valence-electron chi connectivity index (χ1n) is 10.4. The number of anilines is 1. The topological polar surface area (TPSA) is 111 Å². The molecular formula is C23H27N3O5S. The number of hydrogen-bond donors (Lipinski definition) is 2. The normalized spacial score (nSPS) is 11.3. The number of aryl methyl sites for hydroxylation is 2. The number of para-hydroxylation sites is 1. The van der Waals surface area contributed by atoms with Crippen LogP contribution in [0.25, 0.3) is 0 Å². The Balaban J connectivity index is 1.74. The predicted octanol–water partition coefficient (Wildman–Crippen LogP) is 4.20. The number of sulfonamides is 1. The Kier molecular flexibility index (Phi) is 7.66. The lowest BCUT2D eigenvalue weighted by molar-refractivity contribution is 0.102. The molecule has 1 amide bonds. The molecule has 1 heterocycles.